The van der Waals surface area contributed by atoms with Crippen molar-refractivity contribution in [2.45, 2.75) is 30.6 Å². The maximum atomic E-state index is 14.6. The van der Waals surface area contributed by atoms with Crippen molar-refractivity contribution in [2.75, 3.05) is 0 Å². The van der Waals surface area contributed by atoms with Crippen LogP contribution in [0.15, 0.2) is 47.6 Å². The molecule has 1 aliphatic rings. The normalized spacial score (nSPS) is 14.2. The Morgan fingerprint density at radius 2 is 1.93 bits per heavy atom. The van der Waals surface area contributed by atoms with Crippen molar-refractivity contribution in [3.8, 4) is 11.3 Å². The summed E-state index contributed by atoms with van der Waals surface area (Å²) in [6.07, 6.45) is 4.53. The van der Waals surface area contributed by atoms with E-state index in [1.165, 1.54) is 24.5 Å². The van der Waals surface area contributed by atoms with Gasteiger partial charge in [-0.3, -0.25) is 9.78 Å². The standard InChI is InChI=1S/C20H16F2N2O3S/c1-12-2-6-16(9-23-12)28(26,27)24-10-14(11-25)19(13-3-4-13)20(24)17-7-5-15(21)8-18(17)22/h2,5-11,13H,3-4H2,1H3. The molecule has 4 rings (SSSR count). The molecule has 1 aliphatic carbocycles. The molecule has 0 bridgehead atoms. The molecule has 0 amide bonds. The van der Waals surface area contributed by atoms with Crippen molar-refractivity contribution >= 4 is 16.3 Å². The molecule has 1 saturated carbocycles. The van der Waals surface area contributed by atoms with Crippen LogP contribution in [-0.2, 0) is 10.0 Å². The molecule has 3 aromatic rings. The Bertz CT molecular complexity index is 1180. The lowest BCUT2D eigenvalue weighted by molar-refractivity contribution is 0.112. The Hall–Kier alpha value is -2.87. The molecule has 28 heavy (non-hydrogen) atoms. The van der Waals surface area contributed by atoms with Crippen molar-refractivity contribution in [1.82, 2.24) is 8.96 Å². The van der Waals surface area contributed by atoms with Crippen LogP contribution >= 0.6 is 0 Å². The third kappa shape index (κ3) is 3.03. The van der Waals surface area contributed by atoms with Crippen LogP contribution in [0.25, 0.3) is 11.3 Å². The van der Waals surface area contributed by atoms with Gasteiger partial charge in [0, 0.05) is 35.3 Å². The summed E-state index contributed by atoms with van der Waals surface area (Å²) in [6, 6.07) is 5.91. The highest BCUT2D eigenvalue weighted by Gasteiger charge is 2.35. The number of aldehydes is 1. The predicted octanol–water partition coefficient (Wildman–Crippen LogP) is 4.06. The van der Waals surface area contributed by atoms with E-state index in [2.05, 4.69) is 4.98 Å². The molecule has 1 aromatic carbocycles. The topological polar surface area (TPSA) is 69.0 Å². The maximum Gasteiger partial charge on any atom is 0.269 e. The summed E-state index contributed by atoms with van der Waals surface area (Å²) in [4.78, 5) is 15.6. The first-order valence-electron chi connectivity index (χ1n) is 8.67. The lowest BCUT2D eigenvalue weighted by Crippen LogP contribution is -2.14. The van der Waals surface area contributed by atoms with Gasteiger partial charge in [-0.05, 0) is 55.5 Å². The number of halogens is 2. The first-order chi connectivity index (χ1) is 13.3. The minimum Gasteiger partial charge on any atom is -0.298 e. The van der Waals surface area contributed by atoms with Crippen LogP contribution in [0, 0.1) is 18.6 Å². The summed E-state index contributed by atoms with van der Waals surface area (Å²) < 4.78 is 55.4. The highest BCUT2D eigenvalue weighted by Crippen LogP contribution is 2.47. The minimum absolute atomic E-state index is 0.0350. The number of nitrogens with zero attached hydrogens (tertiary/aromatic N) is 2. The van der Waals surface area contributed by atoms with Gasteiger partial charge in [0.15, 0.2) is 6.29 Å². The van der Waals surface area contributed by atoms with Crippen LogP contribution in [0.4, 0.5) is 8.78 Å². The van der Waals surface area contributed by atoms with Crippen molar-refractivity contribution < 1.29 is 22.0 Å². The highest BCUT2D eigenvalue weighted by atomic mass is 32.2. The van der Waals surface area contributed by atoms with Crippen LogP contribution in [0.3, 0.4) is 0 Å². The number of pyridine rings is 1. The van der Waals surface area contributed by atoms with E-state index < -0.39 is 21.7 Å². The predicted molar refractivity (Wildman–Crippen MR) is 98.7 cm³/mol. The molecule has 0 N–H and O–H groups in total. The molecule has 2 heterocycles. The Kier molecular flexibility index (Phi) is 4.38. The zero-order chi connectivity index (χ0) is 20.1. The molecular weight excluding hydrogens is 386 g/mol. The smallest absolute Gasteiger partial charge is 0.269 e. The van der Waals surface area contributed by atoms with Crippen LogP contribution in [0.5, 0.6) is 0 Å². The van der Waals surface area contributed by atoms with E-state index in [0.717, 1.165) is 22.9 Å². The molecule has 0 atom stereocenters. The van der Waals surface area contributed by atoms with Crippen molar-refractivity contribution in [1.29, 1.82) is 0 Å². The molecule has 144 valence electrons. The third-order valence-corrected chi connectivity index (χ3v) is 6.43. The van der Waals surface area contributed by atoms with E-state index in [0.29, 0.717) is 23.6 Å². The molecule has 0 unspecified atom stereocenters. The summed E-state index contributed by atoms with van der Waals surface area (Å²) in [5.74, 6) is -1.70. The number of rotatable bonds is 5. The minimum atomic E-state index is -4.14. The van der Waals surface area contributed by atoms with Crippen molar-refractivity contribution in [3.05, 3.63) is 71.2 Å². The maximum absolute atomic E-state index is 14.6. The fourth-order valence-corrected chi connectivity index (χ4v) is 4.61. The molecule has 0 radical (unpaired) electrons. The van der Waals surface area contributed by atoms with Gasteiger partial charge in [-0.15, -0.1) is 0 Å². The molecule has 0 spiro atoms. The summed E-state index contributed by atoms with van der Waals surface area (Å²) in [6.45, 7) is 1.72. The van der Waals surface area contributed by atoms with Gasteiger partial charge in [-0.1, -0.05) is 0 Å². The Labute approximate surface area is 160 Å². The van der Waals surface area contributed by atoms with E-state index in [9.17, 15) is 22.0 Å². The summed E-state index contributed by atoms with van der Waals surface area (Å²) in [7, 11) is -4.14. The van der Waals surface area contributed by atoms with Gasteiger partial charge in [-0.25, -0.2) is 21.2 Å². The number of aromatic nitrogens is 2. The third-order valence-electron chi connectivity index (χ3n) is 4.78. The monoisotopic (exact) mass is 402 g/mol. The molecule has 0 saturated heterocycles. The molecule has 8 heteroatoms. The quantitative estimate of drug-likeness (QED) is 0.604. The van der Waals surface area contributed by atoms with E-state index in [1.807, 2.05) is 0 Å². The first-order valence-corrected chi connectivity index (χ1v) is 10.1. The molecule has 5 nitrogen and oxygen atoms in total. The number of carbonyl (C=O) groups excluding carboxylic acids is 1. The lowest BCUT2D eigenvalue weighted by Gasteiger charge is -2.13. The summed E-state index contributed by atoms with van der Waals surface area (Å²) in [5, 5.41) is 0. The summed E-state index contributed by atoms with van der Waals surface area (Å²) >= 11 is 0. The van der Waals surface area contributed by atoms with Crippen molar-refractivity contribution in [2.24, 2.45) is 0 Å². The van der Waals surface area contributed by atoms with E-state index >= 15 is 0 Å². The molecule has 2 aromatic heterocycles. The van der Waals surface area contributed by atoms with E-state index in [-0.39, 0.29) is 27.6 Å². The SMILES string of the molecule is Cc1ccc(S(=O)(=O)n2cc(C=O)c(C3CC3)c2-c2ccc(F)cc2F)cn1. The number of aryl methyl sites for hydroxylation is 1. The number of benzene rings is 1. The lowest BCUT2D eigenvalue weighted by atomic mass is 10.0. The Morgan fingerprint density at radius 3 is 2.50 bits per heavy atom. The molecule has 1 fully saturated rings. The second-order valence-corrected chi connectivity index (χ2v) is 8.61. The summed E-state index contributed by atoms with van der Waals surface area (Å²) in [5.41, 5.74) is 1.29. The molecule has 0 aliphatic heterocycles. The fraction of sp³-hybridized carbons (Fsp3) is 0.200. The van der Waals surface area contributed by atoms with Gasteiger partial charge in [0.25, 0.3) is 10.0 Å². The number of carbonyl (C=O) groups is 1. The second kappa shape index (κ2) is 6.63. The Balaban J connectivity index is 2.02. The average molecular weight is 402 g/mol. The zero-order valence-corrected chi connectivity index (χ0v) is 15.7. The zero-order valence-electron chi connectivity index (χ0n) is 14.9. The van der Waals surface area contributed by atoms with Gasteiger partial charge in [0.2, 0.25) is 0 Å². The van der Waals surface area contributed by atoms with E-state index in [1.54, 1.807) is 13.0 Å². The van der Waals surface area contributed by atoms with Gasteiger partial charge in [0.05, 0.1) is 5.69 Å². The van der Waals surface area contributed by atoms with Crippen LogP contribution in [0.1, 0.15) is 40.4 Å². The molecular formula is C20H16F2N2O3S. The van der Waals surface area contributed by atoms with Gasteiger partial charge in [-0.2, -0.15) is 0 Å². The van der Waals surface area contributed by atoms with Crippen LogP contribution < -0.4 is 0 Å². The second-order valence-electron chi connectivity index (χ2n) is 6.80. The van der Waals surface area contributed by atoms with Gasteiger partial charge in [0.1, 0.15) is 16.5 Å². The first kappa shape index (κ1) is 18.5. The average Bonchev–Trinajstić information content (AvgIpc) is 3.42. The highest BCUT2D eigenvalue weighted by molar-refractivity contribution is 7.90. The van der Waals surface area contributed by atoms with E-state index in [4.69, 9.17) is 0 Å². The fourth-order valence-electron chi connectivity index (χ4n) is 3.27. The number of hydrogen-bond acceptors (Lipinski definition) is 4. The van der Waals surface area contributed by atoms with Gasteiger partial charge >= 0.3 is 0 Å². The Morgan fingerprint density at radius 1 is 1.18 bits per heavy atom. The van der Waals surface area contributed by atoms with Gasteiger partial charge < -0.3 is 0 Å². The van der Waals surface area contributed by atoms with Crippen LogP contribution in [-0.4, -0.2) is 23.7 Å². The largest absolute Gasteiger partial charge is 0.298 e. The number of hydrogen-bond donors (Lipinski definition) is 0. The van der Waals surface area contributed by atoms with Crippen molar-refractivity contribution in [3.63, 3.8) is 0 Å². The van der Waals surface area contributed by atoms with Crippen LogP contribution in [0.2, 0.25) is 0 Å².